The molecule has 1 saturated heterocycles. The van der Waals surface area contributed by atoms with E-state index in [1.807, 2.05) is 24.3 Å². The average molecular weight is 361 g/mol. The van der Waals surface area contributed by atoms with Crippen LogP contribution in [-0.4, -0.2) is 45.4 Å². The van der Waals surface area contributed by atoms with Crippen molar-refractivity contribution in [3.05, 3.63) is 42.1 Å². The van der Waals surface area contributed by atoms with Crippen molar-refractivity contribution in [3.8, 4) is 0 Å². The molecule has 26 heavy (non-hydrogen) atoms. The van der Waals surface area contributed by atoms with Crippen LogP contribution >= 0.6 is 0 Å². The Bertz CT molecular complexity index is 641. The molecule has 2 amide bonds. The molecule has 0 unspecified atom stereocenters. The van der Waals surface area contributed by atoms with Crippen molar-refractivity contribution in [1.29, 1.82) is 0 Å². The van der Waals surface area contributed by atoms with Gasteiger partial charge in [-0.05, 0) is 31.5 Å². The van der Waals surface area contributed by atoms with Gasteiger partial charge in [0.2, 0.25) is 0 Å². The highest BCUT2D eigenvalue weighted by Gasteiger charge is 2.38. The molecule has 1 aromatic carbocycles. The number of ether oxygens (including phenoxy) is 2. The summed E-state index contributed by atoms with van der Waals surface area (Å²) >= 11 is 0. The first kappa shape index (κ1) is 19.8. The predicted molar refractivity (Wildman–Crippen MR) is 99.9 cm³/mol. The van der Waals surface area contributed by atoms with Crippen LogP contribution < -0.4 is 15.5 Å². The summed E-state index contributed by atoms with van der Waals surface area (Å²) in [5.41, 5.74) is 2.25. The van der Waals surface area contributed by atoms with Gasteiger partial charge in [-0.1, -0.05) is 18.7 Å². The number of methoxy groups -OCH3 is 1. The van der Waals surface area contributed by atoms with Gasteiger partial charge in [-0.15, -0.1) is 0 Å². The highest BCUT2D eigenvalue weighted by molar-refractivity contribution is 5.85. The van der Waals surface area contributed by atoms with E-state index in [2.05, 4.69) is 36.0 Å². The van der Waals surface area contributed by atoms with Crippen LogP contribution in [0.2, 0.25) is 0 Å². The Morgan fingerprint density at radius 3 is 2.42 bits per heavy atom. The lowest BCUT2D eigenvalue weighted by molar-refractivity contribution is -0.149. The topological polar surface area (TPSA) is 79.9 Å². The van der Waals surface area contributed by atoms with E-state index in [0.29, 0.717) is 12.3 Å². The van der Waals surface area contributed by atoms with Gasteiger partial charge in [-0.25, -0.2) is 4.79 Å². The Labute approximate surface area is 154 Å². The van der Waals surface area contributed by atoms with Crippen LogP contribution in [0, 0.1) is 5.92 Å². The number of nitrogens with zero attached hydrogens (tertiary/aromatic N) is 1. The number of rotatable bonds is 8. The van der Waals surface area contributed by atoms with Gasteiger partial charge >= 0.3 is 12.0 Å². The number of benzene rings is 1. The molecule has 0 radical (unpaired) electrons. The number of carbonyl (C=O) groups excluding carboxylic acids is 2. The van der Waals surface area contributed by atoms with Gasteiger partial charge in [0.15, 0.2) is 0 Å². The zero-order valence-corrected chi connectivity index (χ0v) is 15.6. The highest BCUT2D eigenvalue weighted by Crippen LogP contribution is 2.31. The Balaban J connectivity index is 2.22. The van der Waals surface area contributed by atoms with Crippen LogP contribution in [-0.2, 0) is 14.3 Å². The first-order valence-electron chi connectivity index (χ1n) is 8.78. The zero-order valence-electron chi connectivity index (χ0n) is 15.6. The number of nitrogens with one attached hydrogen (secondary N) is 2. The monoisotopic (exact) mass is 361 g/mol. The van der Waals surface area contributed by atoms with E-state index in [0.717, 1.165) is 24.3 Å². The first-order valence-corrected chi connectivity index (χ1v) is 8.78. The molecule has 7 nitrogen and oxygen atoms in total. The number of esters is 1. The Kier molecular flexibility index (Phi) is 7.03. The fourth-order valence-corrected chi connectivity index (χ4v) is 3.04. The molecule has 0 spiro atoms. The molecule has 0 aromatic heterocycles. The second-order valence-electron chi connectivity index (χ2n) is 6.00. The van der Waals surface area contributed by atoms with Crippen molar-refractivity contribution in [2.75, 3.05) is 38.3 Å². The molecule has 0 aliphatic carbocycles. The lowest BCUT2D eigenvalue weighted by atomic mass is 9.89. The van der Waals surface area contributed by atoms with Crippen LogP contribution in [0.3, 0.4) is 0 Å². The molecule has 1 aromatic rings. The lowest BCUT2D eigenvalue weighted by Crippen LogP contribution is -2.51. The number of hydrogen-bond donors (Lipinski definition) is 2. The maximum atomic E-state index is 12.5. The predicted octanol–water partition coefficient (Wildman–Crippen LogP) is 2.21. The largest absolute Gasteiger partial charge is 0.463 e. The summed E-state index contributed by atoms with van der Waals surface area (Å²) in [5, 5.41) is 5.37. The van der Waals surface area contributed by atoms with E-state index in [9.17, 15) is 9.59 Å². The van der Waals surface area contributed by atoms with Crippen molar-refractivity contribution in [1.82, 2.24) is 10.6 Å². The highest BCUT2D eigenvalue weighted by atomic mass is 16.6. The molecule has 0 saturated carbocycles. The number of carbonyl (C=O) groups is 2. The number of urea groups is 1. The van der Waals surface area contributed by atoms with Crippen LogP contribution in [0.15, 0.2) is 36.5 Å². The maximum Gasteiger partial charge on any atom is 0.319 e. The third kappa shape index (κ3) is 4.54. The molecule has 0 bridgehead atoms. The summed E-state index contributed by atoms with van der Waals surface area (Å²) < 4.78 is 10.2. The van der Waals surface area contributed by atoms with Gasteiger partial charge in [0, 0.05) is 31.6 Å². The maximum absolute atomic E-state index is 12.5. The first-order chi connectivity index (χ1) is 12.5. The summed E-state index contributed by atoms with van der Waals surface area (Å²) in [4.78, 5) is 26.6. The molecule has 1 heterocycles. The molecule has 2 atom stereocenters. The van der Waals surface area contributed by atoms with Crippen molar-refractivity contribution in [2.45, 2.75) is 19.9 Å². The van der Waals surface area contributed by atoms with E-state index in [4.69, 9.17) is 9.47 Å². The number of anilines is 1. The summed E-state index contributed by atoms with van der Waals surface area (Å²) in [6.45, 7) is 10.3. The van der Waals surface area contributed by atoms with Crippen molar-refractivity contribution < 1.29 is 19.1 Å². The summed E-state index contributed by atoms with van der Waals surface area (Å²) in [6, 6.07) is 6.92. The average Bonchev–Trinajstić information content (AvgIpc) is 2.62. The molecule has 1 fully saturated rings. The van der Waals surface area contributed by atoms with Gasteiger partial charge in [-0.2, -0.15) is 0 Å². The van der Waals surface area contributed by atoms with E-state index >= 15 is 0 Å². The van der Waals surface area contributed by atoms with Gasteiger partial charge < -0.3 is 25.0 Å². The van der Waals surface area contributed by atoms with Crippen LogP contribution in [0.5, 0.6) is 0 Å². The summed E-state index contributed by atoms with van der Waals surface area (Å²) in [6.07, 6.45) is 0. The van der Waals surface area contributed by atoms with Gasteiger partial charge in [0.05, 0.1) is 12.6 Å². The number of hydrogen-bond acceptors (Lipinski definition) is 5. The summed E-state index contributed by atoms with van der Waals surface area (Å²) in [5.74, 6) is -1.15. The smallest absolute Gasteiger partial charge is 0.319 e. The van der Waals surface area contributed by atoms with Crippen molar-refractivity contribution in [3.63, 3.8) is 0 Å². The Morgan fingerprint density at radius 1 is 1.19 bits per heavy atom. The second kappa shape index (κ2) is 9.24. The molecule has 142 valence electrons. The fraction of sp³-hybridized carbons (Fsp3) is 0.474. The van der Waals surface area contributed by atoms with Gasteiger partial charge in [0.1, 0.15) is 12.5 Å². The molecule has 2 rings (SSSR count). The molecular formula is C19H27N3O4. The molecule has 2 N–H and O–H groups in total. The van der Waals surface area contributed by atoms with E-state index < -0.39 is 17.9 Å². The van der Waals surface area contributed by atoms with Crippen molar-refractivity contribution in [2.24, 2.45) is 5.92 Å². The van der Waals surface area contributed by atoms with Gasteiger partial charge in [-0.3, -0.25) is 4.79 Å². The number of amides is 2. The minimum absolute atomic E-state index is 0.153. The normalized spacial score (nSPS) is 19.5. The fourth-order valence-electron chi connectivity index (χ4n) is 3.04. The van der Waals surface area contributed by atoms with E-state index in [-0.39, 0.29) is 12.6 Å². The third-order valence-electron chi connectivity index (χ3n) is 4.44. The van der Waals surface area contributed by atoms with Crippen LogP contribution in [0.25, 0.3) is 0 Å². The quantitative estimate of drug-likeness (QED) is 0.548. The SMILES string of the molecule is C=C1NC(=O)N[C@@H](c2ccc(N(CC)CC)cc2)[C@@H]1C(=O)OCCOC. The molecule has 1 aliphatic rings. The standard InChI is InChI=1S/C19H27N3O4/c1-5-22(6-2)15-9-7-14(8-10-15)17-16(13(3)20-19(24)21-17)18(23)26-12-11-25-4/h7-10,16-17H,3,5-6,11-12H2,1-2,4H3,(H2,20,21,24)/t16-,17+/m1/s1. The Hall–Kier alpha value is -2.54. The zero-order chi connectivity index (χ0) is 19.1. The molecule has 7 heteroatoms. The minimum Gasteiger partial charge on any atom is -0.463 e. The van der Waals surface area contributed by atoms with Crippen LogP contribution in [0.4, 0.5) is 10.5 Å². The van der Waals surface area contributed by atoms with Crippen molar-refractivity contribution >= 4 is 17.7 Å². The molecule has 1 aliphatic heterocycles. The van der Waals surface area contributed by atoms with E-state index in [1.165, 1.54) is 7.11 Å². The van der Waals surface area contributed by atoms with Crippen LogP contribution in [0.1, 0.15) is 25.5 Å². The summed E-state index contributed by atoms with van der Waals surface area (Å²) in [7, 11) is 1.54. The lowest BCUT2D eigenvalue weighted by Gasteiger charge is -2.33. The second-order valence-corrected chi connectivity index (χ2v) is 6.00. The minimum atomic E-state index is -0.705. The third-order valence-corrected chi connectivity index (χ3v) is 4.44. The van der Waals surface area contributed by atoms with Gasteiger partial charge in [0.25, 0.3) is 0 Å². The molecular weight excluding hydrogens is 334 g/mol. The Morgan fingerprint density at radius 2 is 1.85 bits per heavy atom. The van der Waals surface area contributed by atoms with E-state index in [1.54, 1.807) is 0 Å².